The Bertz CT molecular complexity index is 179. The van der Waals surface area contributed by atoms with Gasteiger partial charge in [-0.1, -0.05) is 13.5 Å². The zero-order valence-corrected chi connectivity index (χ0v) is 5.89. The molecule has 0 fully saturated rings. The first-order valence-electron chi connectivity index (χ1n) is 2.98. The summed E-state index contributed by atoms with van der Waals surface area (Å²) in [4.78, 5) is 10.6. The molecule has 10 heavy (non-hydrogen) atoms. The molecule has 0 unspecified atom stereocenters. The highest BCUT2D eigenvalue weighted by atomic mass is 16.5. The van der Waals surface area contributed by atoms with Crippen molar-refractivity contribution < 1.29 is 9.53 Å². The Morgan fingerprint density at radius 3 is 2.80 bits per heavy atom. The van der Waals surface area contributed by atoms with Crippen LogP contribution >= 0.6 is 0 Å². The Balaban J connectivity index is 3.66. The van der Waals surface area contributed by atoms with Crippen molar-refractivity contribution in [3.8, 4) is 6.07 Å². The summed E-state index contributed by atoms with van der Waals surface area (Å²) in [6.45, 7) is 5.41. The molecule has 54 valence electrons. The Morgan fingerprint density at radius 2 is 2.40 bits per heavy atom. The van der Waals surface area contributed by atoms with Crippen LogP contribution in [0.25, 0.3) is 0 Å². The first kappa shape index (κ1) is 8.70. The summed E-state index contributed by atoms with van der Waals surface area (Å²) < 4.78 is 4.58. The van der Waals surface area contributed by atoms with Crippen LogP contribution in [0.5, 0.6) is 0 Å². The van der Waals surface area contributed by atoms with Gasteiger partial charge in [-0.15, -0.1) is 0 Å². The van der Waals surface area contributed by atoms with E-state index in [4.69, 9.17) is 5.26 Å². The molecule has 0 aliphatic rings. The van der Waals surface area contributed by atoms with Crippen molar-refractivity contribution >= 4 is 5.97 Å². The number of hydrogen-bond donors (Lipinski definition) is 0. The molecule has 0 N–H and O–H groups in total. The van der Waals surface area contributed by atoms with Crippen LogP contribution in [0.2, 0.25) is 0 Å². The molecular weight excluding hydrogens is 130 g/mol. The Morgan fingerprint density at radius 1 is 1.80 bits per heavy atom. The molecule has 3 heteroatoms. The fourth-order valence-electron chi connectivity index (χ4n) is 0.328. The molecule has 0 radical (unpaired) electrons. The number of nitriles is 1. The number of ether oxygens (including phenoxy) is 1. The lowest BCUT2D eigenvalue weighted by atomic mass is 10.3. The molecule has 0 saturated heterocycles. The van der Waals surface area contributed by atoms with Crippen LogP contribution in [0.1, 0.15) is 13.3 Å². The fourth-order valence-corrected chi connectivity index (χ4v) is 0.328. The second-order valence-electron chi connectivity index (χ2n) is 1.73. The maximum absolute atomic E-state index is 10.6. The van der Waals surface area contributed by atoms with Gasteiger partial charge >= 0.3 is 5.97 Å². The van der Waals surface area contributed by atoms with Crippen molar-refractivity contribution in [3.05, 3.63) is 12.2 Å². The lowest BCUT2D eigenvalue weighted by molar-refractivity contribution is -0.138. The summed E-state index contributed by atoms with van der Waals surface area (Å²) in [5, 5.41) is 8.15. The van der Waals surface area contributed by atoms with Gasteiger partial charge in [0.1, 0.15) is 11.6 Å². The molecule has 0 aliphatic carbocycles. The van der Waals surface area contributed by atoms with Crippen molar-refractivity contribution in [2.75, 3.05) is 6.61 Å². The second kappa shape index (κ2) is 4.57. The summed E-state index contributed by atoms with van der Waals surface area (Å²) in [6, 6.07) is 1.60. The summed E-state index contributed by atoms with van der Waals surface area (Å²) in [6.07, 6.45) is 0.754. The average molecular weight is 139 g/mol. The normalized spacial score (nSPS) is 8.00. The highest BCUT2D eigenvalue weighted by Gasteiger charge is 2.04. The molecule has 0 atom stereocenters. The van der Waals surface area contributed by atoms with Crippen LogP contribution in [-0.2, 0) is 9.53 Å². The molecule has 0 aromatic rings. The third-order valence-electron chi connectivity index (χ3n) is 0.819. The van der Waals surface area contributed by atoms with Crippen LogP contribution in [0.15, 0.2) is 12.2 Å². The van der Waals surface area contributed by atoms with E-state index in [0.29, 0.717) is 6.61 Å². The Kier molecular flexibility index (Phi) is 3.97. The van der Waals surface area contributed by atoms with E-state index < -0.39 is 5.97 Å². The quantitative estimate of drug-likeness (QED) is 0.333. The van der Waals surface area contributed by atoms with Gasteiger partial charge in [-0.25, -0.2) is 4.79 Å². The van der Waals surface area contributed by atoms with E-state index >= 15 is 0 Å². The molecule has 0 heterocycles. The number of carbonyl (C=O) groups excluding carboxylic acids is 1. The monoisotopic (exact) mass is 139 g/mol. The number of carbonyl (C=O) groups is 1. The first-order valence-corrected chi connectivity index (χ1v) is 2.98. The smallest absolute Gasteiger partial charge is 0.348 e. The van der Waals surface area contributed by atoms with E-state index in [1.807, 2.05) is 6.92 Å². The van der Waals surface area contributed by atoms with Crippen molar-refractivity contribution in [2.24, 2.45) is 0 Å². The highest BCUT2D eigenvalue weighted by Crippen LogP contribution is 1.92. The van der Waals surface area contributed by atoms with Gasteiger partial charge in [-0.2, -0.15) is 5.26 Å². The molecule has 3 nitrogen and oxygen atoms in total. The van der Waals surface area contributed by atoms with E-state index in [1.165, 1.54) is 0 Å². The topological polar surface area (TPSA) is 50.1 Å². The SMILES string of the molecule is C=C(C#N)C(=O)OCCC. The van der Waals surface area contributed by atoms with Gasteiger partial charge in [0.25, 0.3) is 0 Å². The molecule has 0 aliphatic heterocycles. The second-order valence-corrected chi connectivity index (χ2v) is 1.73. The Hall–Kier alpha value is -1.30. The largest absolute Gasteiger partial charge is 0.462 e. The molecular formula is C7H9NO2. The van der Waals surface area contributed by atoms with E-state index in [-0.39, 0.29) is 5.57 Å². The third-order valence-corrected chi connectivity index (χ3v) is 0.819. The Labute approximate surface area is 59.9 Å². The minimum absolute atomic E-state index is 0.145. The minimum Gasteiger partial charge on any atom is -0.462 e. The standard InChI is InChI=1S/C7H9NO2/c1-3-4-10-7(9)6(2)5-8/h2-4H2,1H3. The number of rotatable bonds is 3. The number of nitrogens with zero attached hydrogens (tertiary/aromatic N) is 1. The van der Waals surface area contributed by atoms with Gasteiger partial charge in [-0.3, -0.25) is 0 Å². The maximum atomic E-state index is 10.6. The van der Waals surface area contributed by atoms with Gasteiger partial charge in [-0.05, 0) is 6.42 Å². The number of hydrogen-bond acceptors (Lipinski definition) is 3. The van der Waals surface area contributed by atoms with Crippen LogP contribution < -0.4 is 0 Å². The summed E-state index contributed by atoms with van der Waals surface area (Å²) in [7, 11) is 0. The van der Waals surface area contributed by atoms with Crippen molar-refractivity contribution in [2.45, 2.75) is 13.3 Å². The molecule has 0 aromatic carbocycles. The molecule has 0 rings (SSSR count). The van der Waals surface area contributed by atoms with Crippen LogP contribution in [0, 0.1) is 11.3 Å². The molecule has 0 aromatic heterocycles. The van der Waals surface area contributed by atoms with Crippen molar-refractivity contribution in [1.29, 1.82) is 5.26 Å². The van der Waals surface area contributed by atoms with E-state index in [9.17, 15) is 4.79 Å². The molecule has 0 amide bonds. The highest BCUT2D eigenvalue weighted by molar-refractivity contribution is 5.91. The summed E-state index contributed by atoms with van der Waals surface area (Å²) >= 11 is 0. The first-order chi connectivity index (χ1) is 4.72. The van der Waals surface area contributed by atoms with Gasteiger partial charge in [0.05, 0.1) is 6.61 Å². The van der Waals surface area contributed by atoms with Crippen LogP contribution in [-0.4, -0.2) is 12.6 Å². The van der Waals surface area contributed by atoms with Crippen LogP contribution in [0.4, 0.5) is 0 Å². The summed E-state index contributed by atoms with van der Waals surface area (Å²) in [5.41, 5.74) is -0.145. The lowest BCUT2D eigenvalue weighted by Gasteiger charge is -1.98. The zero-order chi connectivity index (χ0) is 7.98. The maximum Gasteiger partial charge on any atom is 0.348 e. The predicted molar refractivity (Wildman–Crippen MR) is 36.0 cm³/mol. The minimum atomic E-state index is -0.621. The van der Waals surface area contributed by atoms with Gasteiger partial charge in [0.15, 0.2) is 0 Å². The predicted octanol–water partition coefficient (Wildman–Crippen LogP) is 1.02. The van der Waals surface area contributed by atoms with E-state index in [2.05, 4.69) is 11.3 Å². The van der Waals surface area contributed by atoms with E-state index in [1.54, 1.807) is 6.07 Å². The molecule has 0 saturated carbocycles. The lowest BCUT2D eigenvalue weighted by Crippen LogP contribution is -2.05. The van der Waals surface area contributed by atoms with Gasteiger partial charge in [0, 0.05) is 0 Å². The third kappa shape index (κ3) is 2.88. The van der Waals surface area contributed by atoms with Crippen molar-refractivity contribution in [1.82, 2.24) is 0 Å². The van der Waals surface area contributed by atoms with Gasteiger partial charge < -0.3 is 4.74 Å². The van der Waals surface area contributed by atoms with E-state index in [0.717, 1.165) is 6.42 Å². The zero-order valence-electron chi connectivity index (χ0n) is 5.89. The number of esters is 1. The molecule has 0 spiro atoms. The van der Waals surface area contributed by atoms with Crippen LogP contribution in [0.3, 0.4) is 0 Å². The van der Waals surface area contributed by atoms with Crippen molar-refractivity contribution in [3.63, 3.8) is 0 Å². The van der Waals surface area contributed by atoms with Gasteiger partial charge in [0.2, 0.25) is 0 Å². The summed E-state index contributed by atoms with van der Waals surface area (Å²) in [5.74, 6) is -0.621. The average Bonchev–Trinajstić information content (AvgIpc) is 1.98. The molecule has 0 bridgehead atoms. The fraction of sp³-hybridized carbons (Fsp3) is 0.429.